The van der Waals surface area contributed by atoms with E-state index in [0.29, 0.717) is 0 Å². The van der Waals surface area contributed by atoms with Gasteiger partial charge >= 0.3 is 6.09 Å². The number of carbonyl (C=O) groups excluding carboxylic acids is 1. The monoisotopic (exact) mass is 345 g/mol. The summed E-state index contributed by atoms with van der Waals surface area (Å²) >= 11 is 0. The Labute approximate surface area is 151 Å². The normalized spacial score (nSPS) is 24.4. The Bertz CT molecular complexity index is 592. The average molecular weight is 345 g/mol. The molecule has 2 heterocycles. The lowest BCUT2D eigenvalue weighted by Crippen LogP contribution is -2.56. The highest BCUT2D eigenvalue weighted by molar-refractivity contribution is 5.70. The number of amides is 1. The molecule has 2 bridgehead atoms. The van der Waals surface area contributed by atoms with E-state index in [2.05, 4.69) is 29.2 Å². The summed E-state index contributed by atoms with van der Waals surface area (Å²) in [6.07, 6.45) is 2.86. The largest absolute Gasteiger partial charge is 0.444 e. The van der Waals surface area contributed by atoms with Crippen molar-refractivity contribution in [3.63, 3.8) is 0 Å². The van der Waals surface area contributed by atoms with Gasteiger partial charge in [0.1, 0.15) is 5.60 Å². The molecule has 2 saturated heterocycles. The predicted octanol–water partition coefficient (Wildman–Crippen LogP) is 3.16. The van der Waals surface area contributed by atoms with Crippen LogP contribution in [0.4, 0.5) is 10.5 Å². The number of piperazine rings is 1. The van der Waals surface area contributed by atoms with E-state index < -0.39 is 5.60 Å². The third kappa shape index (κ3) is 4.27. The van der Waals surface area contributed by atoms with Gasteiger partial charge in [-0.15, -0.1) is 0 Å². The van der Waals surface area contributed by atoms with Crippen molar-refractivity contribution in [3.8, 4) is 0 Å². The number of nitrogens with two attached hydrogens (primary N) is 1. The van der Waals surface area contributed by atoms with Gasteiger partial charge in [0.05, 0.1) is 12.1 Å². The zero-order valence-corrected chi connectivity index (χ0v) is 15.9. The van der Waals surface area contributed by atoms with Crippen molar-refractivity contribution < 1.29 is 9.53 Å². The van der Waals surface area contributed by atoms with Crippen LogP contribution < -0.4 is 10.6 Å². The van der Waals surface area contributed by atoms with Crippen molar-refractivity contribution in [1.29, 1.82) is 0 Å². The first-order chi connectivity index (χ1) is 11.7. The number of hydrogen-bond donors (Lipinski definition) is 1. The minimum Gasteiger partial charge on any atom is -0.444 e. The van der Waals surface area contributed by atoms with Gasteiger partial charge < -0.3 is 15.4 Å². The van der Waals surface area contributed by atoms with E-state index in [9.17, 15) is 4.79 Å². The van der Waals surface area contributed by atoms with Crippen LogP contribution >= 0.6 is 0 Å². The van der Waals surface area contributed by atoms with Gasteiger partial charge in [-0.2, -0.15) is 0 Å². The Morgan fingerprint density at radius 2 is 1.76 bits per heavy atom. The maximum absolute atomic E-state index is 12.5. The van der Waals surface area contributed by atoms with E-state index in [1.54, 1.807) is 0 Å². The first kappa shape index (κ1) is 18.1. The molecule has 0 spiro atoms. The van der Waals surface area contributed by atoms with Gasteiger partial charge in [0.15, 0.2) is 0 Å². The van der Waals surface area contributed by atoms with Gasteiger partial charge in [0.2, 0.25) is 0 Å². The van der Waals surface area contributed by atoms with Crippen LogP contribution in [0.2, 0.25) is 0 Å². The third-order valence-electron chi connectivity index (χ3n) is 4.95. The number of fused-ring (bicyclic) bond motifs is 2. The van der Waals surface area contributed by atoms with Crippen molar-refractivity contribution >= 4 is 11.8 Å². The third-order valence-corrected chi connectivity index (χ3v) is 4.95. The van der Waals surface area contributed by atoms with Gasteiger partial charge in [0.25, 0.3) is 0 Å². The summed E-state index contributed by atoms with van der Waals surface area (Å²) in [6, 6.07) is 9.37. The van der Waals surface area contributed by atoms with E-state index in [1.807, 2.05) is 32.6 Å². The highest BCUT2D eigenvalue weighted by Crippen LogP contribution is 2.34. The second kappa shape index (κ2) is 6.87. The Hall–Kier alpha value is -1.75. The molecule has 3 unspecified atom stereocenters. The van der Waals surface area contributed by atoms with Crippen molar-refractivity contribution in [3.05, 3.63) is 29.8 Å². The van der Waals surface area contributed by atoms with Crippen LogP contribution in [0.25, 0.3) is 0 Å². The second-order valence-corrected chi connectivity index (χ2v) is 8.53. The van der Waals surface area contributed by atoms with Crippen molar-refractivity contribution in [2.45, 2.75) is 70.7 Å². The number of benzene rings is 1. The fraction of sp³-hybridized carbons (Fsp3) is 0.650. The lowest BCUT2D eigenvalue weighted by molar-refractivity contribution is 0.0123. The molecule has 0 aliphatic carbocycles. The van der Waals surface area contributed by atoms with Crippen LogP contribution in [-0.2, 0) is 11.2 Å². The second-order valence-electron chi connectivity index (χ2n) is 8.53. The Kier molecular flexibility index (Phi) is 4.96. The first-order valence-electron chi connectivity index (χ1n) is 9.34. The van der Waals surface area contributed by atoms with Crippen LogP contribution in [-0.4, -0.2) is 47.8 Å². The number of anilines is 1. The van der Waals surface area contributed by atoms with Crippen LogP contribution in [0.3, 0.4) is 0 Å². The molecule has 5 nitrogen and oxygen atoms in total. The minimum atomic E-state index is -0.441. The molecule has 0 saturated carbocycles. The number of carbonyl (C=O) groups is 1. The lowest BCUT2D eigenvalue weighted by atomic mass is 10.1. The lowest BCUT2D eigenvalue weighted by Gasteiger charge is -2.42. The molecule has 2 N–H and O–H groups in total. The zero-order chi connectivity index (χ0) is 18.2. The van der Waals surface area contributed by atoms with Crippen molar-refractivity contribution in [2.24, 2.45) is 5.73 Å². The molecular weight excluding hydrogens is 314 g/mol. The smallest absolute Gasteiger partial charge is 0.410 e. The molecule has 25 heavy (non-hydrogen) atoms. The average Bonchev–Trinajstić information content (AvgIpc) is 2.76. The Morgan fingerprint density at radius 3 is 2.24 bits per heavy atom. The Balaban J connectivity index is 1.66. The summed E-state index contributed by atoms with van der Waals surface area (Å²) in [5.74, 6) is 0. The Morgan fingerprint density at radius 1 is 1.20 bits per heavy atom. The van der Waals surface area contributed by atoms with E-state index in [0.717, 1.165) is 32.4 Å². The molecule has 2 fully saturated rings. The number of ether oxygens (including phenoxy) is 1. The van der Waals surface area contributed by atoms with Crippen molar-refractivity contribution in [1.82, 2.24) is 4.90 Å². The van der Waals surface area contributed by atoms with Crippen LogP contribution in [0.5, 0.6) is 0 Å². The molecule has 2 aliphatic heterocycles. The predicted molar refractivity (Wildman–Crippen MR) is 101 cm³/mol. The van der Waals surface area contributed by atoms with Crippen LogP contribution in [0, 0.1) is 0 Å². The van der Waals surface area contributed by atoms with Crippen LogP contribution in [0.1, 0.15) is 46.1 Å². The van der Waals surface area contributed by atoms with Crippen LogP contribution in [0.15, 0.2) is 24.3 Å². The van der Waals surface area contributed by atoms with E-state index >= 15 is 0 Å². The fourth-order valence-corrected chi connectivity index (χ4v) is 3.94. The van der Waals surface area contributed by atoms with E-state index in [4.69, 9.17) is 10.5 Å². The van der Waals surface area contributed by atoms with E-state index in [1.165, 1.54) is 11.3 Å². The van der Waals surface area contributed by atoms with Gasteiger partial charge in [0, 0.05) is 24.8 Å². The fourth-order valence-electron chi connectivity index (χ4n) is 3.94. The molecule has 0 aromatic heterocycles. The molecule has 3 atom stereocenters. The molecule has 5 heteroatoms. The molecule has 0 radical (unpaired) electrons. The summed E-state index contributed by atoms with van der Waals surface area (Å²) < 4.78 is 5.61. The number of nitrogens with zero attached hydrogens (tertiary/aromatic N) is 2. The topological polar surface area (TPSA) is 58.8 Å². The highest BCUT2D eigenvalue weighted by atomic mass is 16.6. The maximum Gasteiger partial charge on any atom is 0.410 e. The summed E-state index contributed by atoms with van der Waals surface area (Å²) in [5, 5.41) is 0. The quantitative estimate of drug-likeness (QED) is 0.914. The molecule has 2 aliphatic rings. The molecule has 1 aromatic carbocycles. The van der Waals surface area contributed by atoms with Gasteiger partial charge in [-0.05, 0) is 64.7 Å². The summed E-state index contributed by atoms with van der Waals surface area (Å²) in [4.78, 5) is 16.9. The molecule has 1 amide bonds. The molecule has 138 valence electrons. The van der Waals surface area contributed by atoms with E-state index in [-0.39, 0.29) is 24.2 Å². The highest BCUT2D eigenvalue weighted by Gasteiger charge is 2.44. The zero-order valence-electron chi connectivity index (χ0n) is 15.9. The van der Waals surface area contributed by atoms with Gasteiger partial charge in [-0.1, -0.05) is 12.1 Å². The summed E-state index contributed by atoms with van der Waals surface area (Å²) in [5.41, 5.74) is 7.94. The SMILES string of the molecule is CC(N)Cc1ccc(N2CC3CCC(C2)N3C(=O)OC(C)(C)C)cc1. The van der Waals surface area contributed by atoms with Crippen molar-refractivity contribution in [2.75, 3.05) is 18.0 Å². The maximum atomic E-state index is 12.5. The number of rotatable bonds is 3. The molecule has 3 rings (SSSR count). The summed E-state index contributed by atoms with van der Waals surface area (Å²) in [7, 11) is 0. The standard InChI is InChI=1S/C20H31N3O2/c1-14(21)11-15-5-7-16(8-6-15)22-12-17-9-10-18(13-22)23(17)19(24)25-20(2,3)4/h5-8,14,17-18H,9-13,21H2,1-4H3. The molecule has 1 aromatic rings. The minimum absolute atomic E-state index is 0.160. The number of hydrogen-bond acceptors (Lipinski definition) is 4. The summed E-state index contributed by atoms with van der Waals surface area (Å²) in [6.45, 7) is 9.55. The van der Waals surface area contributed by atoms with Gasteiger partial charge in [-0.3, -0.25) is 4.90 Å². The molecular formula is C20H31N3O2. The van der Waals surface area contributed by atoms with Gasteiger partial charge in [-0.25, -0.2) is 4.79 Å². The first-order valence-corrected chi connectivity index (χ1v) is 9.34.